The van der Waals surface area contributed by atoms with Crippen molar-refractivity contribution < 1.29 is 17.6 Å². The van der Waals surface area contributed by atoms with Crippen LogP contribution >= 0.6 is 0 Å². The molecule has 2 aromatic rings. The van der Waals surface area contributed by atoms with E-state index < -0.39 is 21.7 Å². The molecule has 0 N–H and O–H groups in total. The molecular weight excluding hydrogens is 355 g/mol. The van der Waals surface area contributed by atoms with Gasteiger partial charge in [-0.2, -0.15) is 4.31 Å². The van der Waals surface area contributed by atoms with Gasteiger partial charge in [-0.05, 0) is 24.1 Å². The van der Waals surface area contributed by atoms with Crippen LogP contribution in [0, 0.1) is 5.82 Å². The number of hydrogen-bond donors (Lipinski definition) is 0. The molecule has 0 aromatic heterocycles. The van der Waals surface area contributed by atoms with Gasteiger partial charge in [0.1, 0.15) is 5.82 Å². The standard InChI is InChI=1S/C19H21FN2O3S/c20-18-10-5-4-9-17(18)19(23)21-11-6-12-22(14-13-21)26(24,25)15-16-7-2-1-3-8-16/h1-5,7-10H,6,11-15H2. The summed E-state index contributed by atoms with van der Waals surface area (Å²) in [4.78, 5) is 14.1. The van der Waals surface area contributed by atoms with Crippen LogP contribution in [0.15, 0.2) is 54.6 Å². The van der Waals surface area contributed by atoms with Gasteiger partial charge in [0.15, 0.2) is 0 Å². The monoisotopic (exact) mass is 376 g/mol. The van der Waals surface area contributed by atoms with Crippen molar-refractivity contribution in [1.82, 2.24) is 9.21 Å². The molecule has 0 radical (unpaired) electrons. The molecule has 0 atom stereocenters. The molecule has 0 saturated carbocycles. The highest BCUT2D eigenvalue weighted by molar-refractivity contribution is 7.88. The first-order valence-electron chi connectivity index (χ1n) is 8.53. The molecule has 1 aliphatic heterocycles. The lowest BCUT2D eigenvalue weighted by Gasteiger charge is -2.22. The average molecular weight is 376 g/mol. The minimum atomic E-state index is -3.46. The SMILES string of the molecule is O=C(c1ccccc1F)N1CCCN(S(=O)(=O)Cc2ccccc2)CC1. The number of halogens is 1. The number of nitrogens with zero attached hydrogens (tertiary/aromatic N) is 2. The van der Waals surface area contributed by atoms with Gasteiger partial charge in [0.05, 0.1) is 11.3 Å². The minimum absolute atomic E-state index is 0.0214. The summed E-state index contributed by atoms with van der Waals surface area (Å²) in [6.07, 6.45) is 0.522. The second kappa shape index (κ2) is 7.97. The van der Waals surface area contributed by atoms with Crippen molar-refractivity contribution in [2.45, 2.75) is 12.2 Å². The van der Waals surface area contributed by atoms with Crippen LogP contribution in [0.4, 0.5) is 4.39 Å². The fourth-order valence-corrected chi connectivity index (χ4v) is 4.62. The minimum Gasteiger partial charge on any atom is -0.337 e. The highest BCUT2D eigenvalue weighted by Crippen LogP contribution is 2.16. The van der Waals surface area contributed by atoms with E-state index in [0.717, 1.165) is 5.56 Å². The van der Waals surface area contributed by atoms with Crippen molar-refractivity contribution in [1.29, 1.82) is 0 Å². The number of rotatable bonds is 4. The highest BCUT2D eigenvalue weighted by Gasteiger charge is 2.28. The van der Waals surface area contributed by atoms with Gasteiger partial charge in [-0.1, -0.05) is 42.5 Å². The van der Waals surface area contributed by atoms with Crippen LogP contribution in [-0.2, 0) is 15.8 Å². The Kier molecular flexibility index (Phi) is 5.68. The molecule has 1 amide bonds. The lowest BCUT2D eigenvalue weighted by atomic mass is 10.2. The maximum absolute atomic E-state index is 13.9. The van der Waals surface area contributed by atoms with Crippen molar-refractivity contribution >= 4 is 15.9 Å². The number of carbonyl (C=O) groups is 1. The number of sulfonamides is 1. The Morgan fingerprint density at radius 2 is 1.62 bits per heavy atom. The fraction of sp³-hybridized carbons (Fsp3) is 0.316. The Labute approximate surface area is 153 Å². The first-order valence-corrected chi connectivity index (χ1v) is 10.1. The topological polar surface area (TPSA) is 57.7 Å². The third-order valence-electron chi connectivity index (χ3n) is 4.43. The van der Waals surface area contributed by atoms with Crippen LogP contribution in [0.1, 0.15) is 22.3 Å². The van der Waals surface area contributed by atoms with Crippen LogP contribution in [0.3, 0.4) is 0 Å². The molecule has 1 fully saturated rings. The molecule has 138 valence electrons. The number of hydrogen-bond acceptors (Lipinski definition) is 3. The maximum atomic E-state index is 13.9. The van der Waals surface area contributed by atoms with Gasteiger partial charge in [-0.15, -0.1) is 0 Å². The van der Waals surface area contributed by atoms with E-state index in [4.69, 9.17) is 0 Å². The predicted molar refractivity (Wildman–Crippen MR) is 97.6 cm³/mol. The third kappa shape index (κ3) is 4.28. The van der Waals surface area contributed by atoms with E-state index >= 15 is 0 Å². The van der Waals surface area contributed by atoms with E-state index in [2.05, 4.69) is 0 Å². The fourth-order valence-electron chi connectivity index (χ4n) is 3.06. The largest absolute Gasteiger partial charge is 0.337 e. The van der Waals surface area contributed by atoms with Gasteiger partial charge >= 0.3 is 0 Å². The zero-order valence-electron chi connectivity index (χ0n) is 14.3. The van der Waals surface area contributed by atoms with Crippen molar-refractivity contribution in [3.05, 3.63) is 71.5 Å². The zero-order chi connectivity index (χ0) is 18.6. The van der Waals surface area contributed by atoms with Crippen molar-refractivity contribution in [3.8, 4) is 0 Å². The van der Waals surface area contributed by atoms with Gasteiger partial charge in [0.25, 0.3) is 5.91 Å². The Bertz CT molecular complexity index is 871. The molecule has 0 unspecified atom stereocenters. The molecule has 7 heteroatoms. The number of carbonyl (C=O) groups excluding carboxylic acids is 1. The van der Waals surface area contributed by atoms with E-state index in [-0.39, 0.29) is 24.4 Å². The molecule has 1 aliphatic rings. The molecule has 1 saturated heterocycles. The molecule has 0 spiro atoms. The van der Waals surface area contributed by atoms with E-state index in [1.54, 1.807) is 18.2 Å². The summed E-state index contributed by atoms with van der Waals surface area (Å²) in [5, 5.41) is 0. The molecule has 2 aromatic carbocycles. The average Bonchev–Trinajstić information content (AvgIpc) is 2.89. The van der Waals surface area contributed by atoms with E-state index in [9.17, 15) is 17.6 Å². The highest BCUT2D eigenvalue weighted by atomic mass is 32.2. The molecular formula is C19H21FN2O3S. The lowest BCUT2D eigenvalue weighted by molar-refractivity contribution is 0.0759. The molecule has 0 bridgehead atoms. The second-order valence-corrected chi connectivity index (χ2v) is 8.24. The first-order chi connectivity index (χ1) is 12.5. The number of amides is 1. The summed E-state index contributed by atoms with van der Waals surface area (Å²) in [5.41, 5.74) is 0.754. The summed E-state index contributed by atoms with van der Waals surface area (Å²) in [6, 6.07) is 14.9. The summed E-state index contributed by atoms with van der Waals surface area (Å²) in [7, 11) is -3.46. The zero-order valence-corrected chi connectivity index (χ0v) is 15.2. The van der Waals surface area contributed by atoms with Crippen LogP contribution in [-0.4, -0.2) is 49.7 Å². The van der Waals surface area contributed by atoms with Crippen molar-refractivity contribution in [2.75, 3.05) is 26.2 Å². The smallest absolute Gasteiger partial charge is 0.256 e. The van der Waals surface area contributed by atoms with Crippen LogP contribution in [0.25, 0.3) is 0 Å². The first kappa shape index (κ1) is 18.5. The van der Waals surface area contributed by atoms with E-state index in [0.29, 0.717) is 19.5 Å². The van der Waals surface area contributed by atoms with Crippen LogP contribution in [0.2, 0.25) is 0 Å². The molecule has 26 heavy (non-hydrogen) atoms. The van der Waals surface area contributed by atoms with E-state index in [1.165, 1.54) is 27.4 Å². The molecule has 5 nitrogen and oxygen atoms in total. The summed E-state index contributed by atoms with van der Waals surface area (Å²) < 4.78 is 40.6. The maximum Gasteiger partial charge on any atom is 0.256 e. The van der Waals surface area contributed by atoms with Gasteiger partial charge in [-0.3, -0.25) is 4.79 Å². The van der Waals surface area contributed by atoms with E-state index in [1.807, 2.05) is 18.2 Å². The van der Waals surface area contributed by atoms with Gasteiger partial charge in [0.2, 0.25) is 10.0 Å². The Balaban J connectivity index is 1.68. The normalized spacial score (nSPS) is 16.3. The van der Waals surface area contributed by atoms with Crippen LogP contribution < -0.4 is 0 Å². The summed E-state index contributed by atoms with van der Waals surface area (Å²) in [5.74, 6) is -1.02. The lowest BCUT2D eigenvalue weighted by Crippen LogP contribution is -2.38. The molecule has 0 aliphatic carbocycles. The Morgan fingerprint density at radius 1 is 0.923 bits per heavy atom. The summed E-state index contributed by atoms with van der Waals surface area (Å²) >= 11 is 0. The van der Waals surface area contributed by atoms with Crippen molar-refractivity contribution in [3.63, 3.8) is 0 Å². The quantitative estimate of drug-likeness (QED) is 0.824. The Morgan fingerprint density at radius 3 is 2.35 bits per heavy atom. The number of benzene rings is 2. The van der Waals surface area contributed by atoms with Gasteiger partial charge < -0.3 is 4.90 Å². The molecule has 3 rings (SSSR count). The predicted octanol–water partition coefficient (Wildman–Crippen LogP) is 2.50. The van der Waals surface area contributed by atoms with Crippen molar-refractivity contribution in [2.24, 2.45) is 0 Å². The Hall–Kier alpha value is -2.25. The third-order valence-corrected chi connectivity index (χ3v) is 6.28. The second-order valence-electron chi connectivity index (χ2n) is 6.27. The van der Waals surface area contributed by atoms with Gasteiger partial charge in [0, 0.05) is 26.2 Å². The van der Waals surface area contributed by atoms with Gasteiger partial charge in [-0.25, -0.2) is 12.8 Å². The molecule has 1 heterocycles. The summed E-state index contributed by atoms with van der Waals surface area (Å²) in [6.45, 7) is 1.23. The van der Waals surface area contributed by atoms with Crippen LogP contribution in [0.5, 0.6) is 0 Å².